The van der Waals surface area contributed by atoms with Gasteiger partial charge in [0.25, 0.3) is 5.56 Å². The van der Waals surface area contributed by atoms with E-state index < -0.39 is 0 Å². The Morgan fingerprint density at radius 1 is 1.36 bits per heavy atom. The van der Waals surface area contributed by atoms with Crippen molar-refractivity contribution in [3.8, 4) is 11.4 Å². The van der Waals surface area contributed by atoms with Crippen LogP contribution in [-0.2, 0) is 0 Å². The summed E-state index contributed by atoms with van der Waals surface area (Å²) in [6.45, 7) is 0. The molecule has 0 spiro atoms. The molecular formula is C9H7N3OS. The van der Waals surface area contributed by atoms with Gasteiger partial charge in [0.1, 0.15) is 10.5 Å². The second kappa shape index (κ2) is 3.55. The Hall–Kier alpha value is -1.75. The first-order valence-electron chi connectivity index (χ1n) is 4.01. The van der Waals surface area contributed by atoms with Crippen LogP contribution in [0.15, 0.2) is 35.4 Å². The van der Waals surface area contributed by atoms with E-state index in [1.807, 2.05) is 0 Å². The first-order valence-corrected chi connectivity index (χ1v) is 4.41. The van der Waals surface area contributed by atoms with Crippen LogP contribution in [0.2, 0.25) is 0 Å². The molecule has 0 unspecified atom stereocenters. The Balaban J connectivity index is 2.67. The van der Waals surface area contributed by atoms with E-state index in [9.17, 15) is 4.79 Å². The molecule has 2 aromatic heterocycles. The van der Waals surface area contributed by atoms with Crippen LogP contribution in [0.3, 0.4) is 0 Å². The lowest BCUT2D eigenvalue weighted by atomic mass is 10.2. The monoisotopic (exact) mass is 205 g/mol. The smallest absolute Gasteiger partial charge is 0.258 e. The Kier molecular flexibility index (Phi) is 2.24. The minimum absolute atomic E-state index is 0.183. The average molecular weight is 205 g/mol. The third-order valence-corrected chi connectivity index (χ3v) is 1.98. The van der Waals surface area contributed by atoms with Gasteiger partial charge in [0.05, 0.1) is 5.56 Å². The highest BCUT2D eigenvalue weighted by molar-refractivity contribution is 7.71. The molecule has 2 rings (SSSR count). The molecule has 4 nitrogen and oxygen atoms in total. The van der Waals surface area contributed by atoms with E-state index in [0.29, 0.717) is 16.0 Å². The number of nitrogens with one attached hydrogen (secondary N) is 2. The van der Waals surface area contributed by atoms with Crippen LogP contribution in [0, 0.1) is 4.64 Å². The number of aromatic amines is 2. The van der Waals surface area contributed by atoms with Crippen molar-refractivity contribution in [1.82, 2.24) is 15.0 Å². The van der Waals surface area contributed by atoms with Crippen LogP contribution in [0.4, 0.5) is 0 Å². The summed E-state index contributed by atoms with van der Waals surface area (Å²) in [5, 5.41) is 0. The van der Waals surface area contributed by atoms with Gasteiger partial charge in [0.2, 0.25) is 0 Å². The molecule has 2 heterocycles. The normalized spacial score (nSPS) is 10.0. The molecule has 0 radical (unpaired) electrons. The van der Waals surface area contributed by atoms with E-state index in [4.69, 9.17) is 12.2 Å². The summed E-state index contributed by atoms with van der Waals surface area (Å²) >= 11 is 4.94. The first-order chi connectivity index (χ1) is 6.77. The van der Waals surface area contributed by atoms with Crippen molar-refractivity contribution in [1.29, 1.82) is 0 Å². The highest BCUT2D eigenvalue weighted by atomic mass is 32.1. The standard InChI is InChI=1S/C9H7N3OS/c13-9-6(2-1-4-11-9)8-10-5-3-7(14)12-8/h1-5H,(H,11,13)(H,10,12,14). The molecule has 0 saturated carbocycles. The fourth-order valence-corrected chi connectivity index (χ4v) is 1.27. The van der Waals surface area contributed by atoms with Crippen molar-refractivity contribution < 1.29 is 0 Å². The van der Waals surface area contributed by atoms with E-state index in [1.165, 1.54) is 0 Å². The largest absolute Gasteiger partial charge is 0.331 e. The van der Waals surface area contributed by atoms with Gasteiger partial charge in [-0.3, -0.25) is 4.79 Å². The van der Waals surface area contributed by atoms with E-state index in [2.05, 4.69) is 15.0 Å². The molecule has 70 valence electrons. The van der Waals surface area contributed by atoms with Gasteiger partial charge in [-0.2, -0.15) is 0 Å². The second-order valence-electron chi connectivity index (χ2n) is 2.70. The van der Waals surface area contributed by atoms with Crippen molar-refractivity contribution in [2.45, 2.75) is 0 Å². The molecule has 0 bridgehead atoms. The third kappa shape index (κ3) is 1.62. The Bertz CT molecular complexity index is 558. The zero-order valence-corrected chi connectivity index (χ0v) is 7.97. The summed E-state index contributed by atoms with van der Waals surface area (Å²) in [6, 6.07) is 5.09. The number of nitrogens with zero attached hydrogens (tertiary/aromatic N) is 1. The highest BCUT2D eigenvalue weighted by Crippen LogP contribution is 2.06. The van der Waals surface area contributed by atoms with Gasteiger partial charge in [-0.25, -0.2) is 4.98 Å². The maximum absolute atomic E-state index is 11.4. The highest BCUT2D eigenvalue weighted by Gasteiger charge is 2.02. The molecule has 0 fully saturated rings. The van der Waals surface area contributed by atoms with Crippen LogP contribution in [0.25, 0.3) is 11.4 Å². The lowest BCUT2D eigenvalue weighted by Gasteiger charge is -1.97. The van der Waals surface area contributed by atoms with Crippen LogP contribution >= 0.6 is 12.2 Å². The summed E-state index contributed by atoms with van der Waals surface area (Å²) < 4.78 is 0.554. The van der Waals surface area contributed by atoms with Crippen molar-refractivity contribution in [2.75, 3.05) is 0 Å². The number of hydrogen-bond donors (Lipinski definition) is 2. The van der Waals surface area contributed by atoms with Gasteiger partial charge in [-0.1, -0.05) is 12.2 Å². The van der Waals surface area contributed by atoms with Gasteiger partial charge in [-0.05, 0) is 18.2 Å². The summed E-state index contributed by atoms with van der Waals surface area (Å²) in [6.07, 6.45) is 3.14. The molecule has 0 aliphatic heterocycles. The summed E-state index contributed by atoms with van der Waals surface area (Å²) in [4.78, 5) is 20.8. The fourth-order valence-electron chi connectivity index (χ4n) is 1.12. The van der Waals surface area contributed by atoms with Crippen LogP contribution in [0.1, 0.15) is 0 Å². The predicted molar refractivity (Wildman–Crippen MR) is 55.5 cm³/mol. The molecule has 0 aliphatic carbocycles. The first kappa shape index (κ1) is 8.83. The maximum Gasteiger partial charge on any atom is 0.258 e. The van der Waals surface area contributed by atoms with Crippen LogP contribution < -0.4 is 5.56 Å². The molecule has 2 aromatic rings. The lowest BCUT2D eigenvalue weighted by Crippen LogP contribution is -2.08. The Morgan fingerprint density at radius 3 is 2.93 bits per heavy atom. The number of H-pyrrole nitrogens is 2. The van der Waals surface area contributed by atoms with Crippen LogP contribution in [-0.4, -0.2) is 15.0 Å². The predicted octanol–water partition coefficient (Wildman–Crippen LogP) is 1.49. The molecule has 0 atom stereocenters. The minimum Gasteiger partial charge on any atom is -0.331 e. The Labute approximate surface area is 84.7 Å². The van der Waals surface area contributed by atoms with Crippen molar-refractivity contribution in [3.63, 3.8) is 0 Å². The fraction of sp³-hybridized carbons (Fsp3) is 0. The van der Waals surface area contributed by atoms with Crippen molar-refractivity contribution >= 4 is 12.2 Å². The van der Waals surface area contributed by atoms with Crippen molar-refractivity contribution in [2.24, 2.45) is 0 Å². The SMILES string of the molecule is O=c1[nH]cccc1-c1nccc(=S)[nH]1. The number of aromatic nitrogens is 3. The summed E-state index contributed by atoms with van der Waals surface area (Å²) in [5.41, 5.74) is 0.302. The zero-order chi connectivity index (χ0) is 9.97. The quantitative estimate of drug-likeness (QED) is 0.693. The molecule has 5 heteroatoms. The second-order valence-corrected chi connectivity index (χ2v) is 3.14. The van der Waals surface area contributed by atoms with Crippen LogP contribution in [0.5, 0.6) is 0 Å². The molecule has 0 saturated heterocycles. The summed E-state index contributed by atoms with van der Waals surface area (Å²) in [5.74, 6) is 0.486. The number of hydrogen-bond acceptors (Lipinski definition) is 3. The molecule has 0 amide bonds. The number of pyridine rings is 1. The van der Waals surface area contributed by atoms with Gasteiger partial charge in [0, 0.05) is 12.4 Å². The topological polar surface area (TPSA) is 61.5 Å². The van der Waals surface area contributed by atoms with E-state index in [-0.39, 0.29) is 5.56 Å². The lowest BCUT2D eigenvalue weighted by molar-refractivity contribution is 1.13. The van der Waals surface area contributed by atoms with E-state index >= 15 is 0 Å². The van der Waals surface area contributed by atoms with Gasteiger partial charge < -0.3 is 9.97 Å². The molecular weight excluding hydrogens is 198 g/mol. The van der Waals surface area contributed by atoms with Gasteiger partial charge in [-0.15, -0.1) is 0 Å². The molecule has 0 aliphatic rings. The van der Waals surface area contributed by atoms with E-state index in [0.717, 1.165) is 0 Å². The molecule has 14 heavy (non-hydrogen) atoms. The summed E-state index contributed by atoms with van der Waals surface area (Å²) in [7, 11) is 0. The molecule has 2 N–H and O–H groups in total. The number of rotatable bonds is 1. The third-order valence-electron chi connectivity index (χ3n) is 1.74. The maximum atomic E-state index is 11.4. The average Bonchev–Trinajstić information content (AvgIpc) is 2.18. The van der Waals surface area contributed by atoms with Gasteiger partial charge >= 0.3 is 0 Å². The van der Waals surface area contributed by atoms with E-state index in [1.54, 1.807) is 30.6 Å². The zero-order valence-electron chi connectivity index (χ0n) is 7.15. The van der Waals surface area contributed by atoms with Gasteiger partial charge in [0.15, 0.2) is 0 Å². The van der Waals surface area contributed by atoms with Crippen molar-refractivity contribution in [3.05, 3.63) is 45.6 Å². The molecule has 0 aromatic carbocycles. The Morgan fingerprint density at radius 2 is 2.21 bits per heavy atom. The minimum atomic E-state index is -0.183.